The number of ether oxygens (including phenoxy) is 3. The van der Waals surface area contributed by atoms with Gasteiger partial charge in [-0.3, -0.25) is 14.4 Å². The second-order valence-electron chi connectivity index (χ2n) is 6.17. The van der Waals surface area contributed by atoms with E-state index >= 15 is 0 Å². The average Bonchev–Trinajstić information content (AvgIpc) is 2.68. The summed E-state index contributed by atoms with van der Waals surface area (Å²) in [5.74, 6) is 0.279. The predicted octanol–water partition coefficient (Wildman–Crippen LogP) is -1.73. The lowest BCUT2D eigenvalue weighted by molar-refractivity contribution is -0.909. The van der Waals surface area contributed by atoms with Gasteiger partial charge in [0.2, 0.25) is 0 Å². The van der Waals surface area contributed by atoms with Crippen LogP contribution in [0.1, 0.15) is 12.0 Å². The van der Waals surface area contributed by atoms with Gasteiger partial charge in [0.1, 0.15) is 6.42 Å². The Bertz CT molecular complexity index is 694. The highest BCUT2D eigenvalue weighted by Crippen LogP contribution is 2.27. The van der Waals surface area contributed by atoms with Gasteiger partial charge in [0, 0.05) is 6.54 Å². The summed E-state index contributed by atoms with van der Waals surface area (Å²) in [6.07, 6.45) is -0.0549. The molecule has 0 aliphatic carbocycles. The van der Waals surface area contributed by atoms with Crippen molar-refractivity contribution < 1.29 is 33.5 Å². The van der Waals surface area contributed by atoms with Gasteiger partial charge in [0.15, 0.2) is 24.1 Å². The Kier molecular flexibility index (Phi) is 7.42. The molecule has 148 valence electrons. The summed E-state index contributed by atoms with van der Waals surface area (Å²) >= 11 is 0. The first kappa shape index (κ1) is 20.5. The number of hydrogen-bond donors (Lipinski definition) is 3. The van der Waals surface area contributed by atoms with E-state index in [2.05, 4.69) is 15.4 Å². The molecule has 2 rings (SSSR count). The summed E-state index contributed by atoms with van der Waals surface area (Å²) in [4.78, 5) is 36.7. The van der Waals surface area contributed by atoms with Crippen LogP contribution in [0.3, 0.4) is 0 Å². The Balaban J connectivity index is 1.93. The maximum atomic E-state index is 12.3. The normalized spacial score (nSPS) is 19.0. The molecule has 0 aromatic heterocycles. The Morgan fingerprint density at radius 1 is 1.22 bits per heavy atom. The van der Waals surface area contributed by atoms with Gasteiger partial charge in [0.05, 0.1) is 34.4 Å². The van der Waals surface area contributed by atoms with Gasteiger partial charge in [-0.15, -0.1) is 0 Å². The molecule has 9 nitrogen and oxygen atoms in total. The van der Waals surface area contributed by atoms with Crippen LogP contribution in [0.15, 0.2) is 18.2 Å². The minimum Gasteiger partial charge on any atom is -0.493 e. The Hall–Kier alpha value is -2.81. The van der Waals surface area contributed by atoms with Crippen LogP contribution in [-0.2, 0) is 25.7 Å². The highest BCUT2D eigenvalue weighted by molar-refractivity contribution is 5.86. The predicted molar refractivity (Wildman–Crippen MR) is 95.5 cm³/mol. The highest BCUT2D eigenvalue weighted by Gasteiger charge is 2.36. The molecule has 1 unspecified atom stereocenters. The second kappa shape index (κ2) is 9.77. The maximum Gasteiger partial charge on any atom is 0.312 e. The van der Waals surface area contributed by atoms with E-state index in [-0.39, 0.29) is 24.8 Å². The van der Waals surface area contributed by atoms with E-state index in [9.17, 15) is 14.4 Å². The van der Waals surface area contributed by atoms with E-state index < -0.39 is 12.0 Å². The monoisotopic (exact) mass is 380 g/mol. The van der Waals surface area contributed by atoms with Crippen molar-refractivity contribution in [3.63, 3.8) is 0 Å². The third-order valence-corrected chi connectivity index (χ3v) is 4.48. The van der Waals surface area contributed by atoms with Crippen LogP contribution in [0.25, 0.3) is 0 Å². The van der Waals surface area contributed by atoms with Crippen molar-refractivity contribution in [2.45, 2.75) is 19.0 Å². The van der Waals surface area contributed by atoms with Crippen LogP contribution in [0.4, 0.5) is 0 Å². The summed E-state index contributed by atoms with van der Waals surface area (Å²) in [6, 6.07) is 4.77. The highest BCUT2D eigenvalue weighted by atomic mass is 16.5. The maximum absolute atomic E-state index is 12.3. The summed E-state index contributed by atoms with van der Waals surface area (Å²) in [5.41, 5.74) is 0.860. The number of esters is 1. The Labute approximate surface area is 157 Å². The molecule has 1 aliphatic rings. The van der Waals surface area contributed by atoms with Crippen LogP contribution in [0.2, 0.25) is 0 Å². The largest absolute Gasteiger partial charge is 0.493 e. The molecule has 3 N–H and O–H groups in total. The number of quaternary nitrogens is 1. The molecule has 0 saturated carbocycles. The van der Waals surface area contributed by atoms with Crippen LogP contribution in [0, 0.1) is 0 Å². The Morgan fingerprint density at radius 3 is 2.63 bits per heavy atom. The Morgan fingerprint density at radius 2 is 1.96 bits per heavy atom. The number of rotatable bonds is 8. The topological polar surface area (TPSA) is 107 Å². The summed E-state index contributed by atoms with van der Waals surface area (Å²) in [7, 11) is 4.38. The van der Waals surface area contributed by atoms with Gasteiger partial charge in [-0.2, -0.15) is 0 Å². The van der Waals surface area contributed by atoms with Crippen LogP contribution >= 0.6 is 0 Å². The number of nitrogens with one attached hydrogen (secondary N) is 3. The lowest BCUT2D eigenvalue weighted by atomic mass is 10.1. The SMILES string of the molecule is COC(=O)C[C@H]1C(=O)NCC[NH+]1CC(=O)NCc1ccc(OC)c(OC)c1. The van der Waals surface area contributed by atoms with E-state index in [1.54, 1.807) is 26.4 Å². The summed E-state index contributed by atoms with van der Waals surface area (Å²) in [5, 5.41) is 5.55. The fourth-order valence-electron chi connectivity index (χ4n) is 2.99. The molecule has 0 radical (unpaired) electrons. The average molecular weight is 380 g/mol. The number of carbonyl (C=O) groups is 3. The van der Waals surface area contributed by atoms with Crippen molar-refractivity contribution in [3.8, 4) is 11.5 Å². The molecule has 1 aliphatic heterocycles. The lowest BCUT2D eigenvalue weighted by Crippen LogP contribution is -3.20. The fourth-order valence-corrected chi connectivity index (χ4v) is 2.99. The van der Waals surface area contributed by atoms with Crippen molar-refractivity contribution in [2.75, 3.05) is 41.0 Å². The molecule has 2 atom stereocenters. The van der Waals surface area contributed by atoms with Gasteiger partial charge in [0.25, 0.3) is 11.8 Å². The van der Waals surface area contributed by atoms with E-state index in [1.165, 1.54) is 7.11 Å². The van der Waals surface area contributed by atoms with Crippen molar-refractivity contribution in [2.24, 2.45) is 0 Å². The molecule has 1 aromatic rings. The molecule has 27 heavy (non-hydrogen) atoms. The molecular formula is C18H26N3O6+. The standard InChI is InChI=1S/C18H25N3O6/c1-25-14-5-4-12(8-15(14)26-2)10-20-16(22)11-21-7-6-19-18(24)13(21)9-17(23)27-3/h4-5,8,13H,6-7,9-11H2,1-3H3,(H,19,24)(H,20,22)/p+1/t13-/m0/s1. The molecule has 1 heterocycles. The number of benzene rings is 1. The van der Waals surface area contributed by atoms with Crippen molar-refractivity contribution >= 4 is 17.8 Å². The van der Waals surface area contributed by atoms with Crippen molar-refractivity contribution in [3.05, 3.63) is 23.8 Å². The zero-order chi connectivity index (χ0) is 19.8. The van der Waals surface area contributed by atoms with Crippen LogP contribution < -0.4 is 25.0 Å². The van der Waals surface area contributed by atoms with Crippen molar-refractivity contribution in [1.82, 2.24) is 10.6 Å². The molecule has 1 saturated heterocycles. The second-order valence-corrected chi connectivity index (χ2v) is 6.17. The quantitative estimate of drug-likeness (QED) is 0.463. The zero-order valence-corrected chi connectivity index (χ0v) is 15.8. The van der Waals surface area contributed by atoms with E-state index in [0.717, 1.165) is 10.5 Å². The van der Waals surface area contributed by atoms with E-state index in [0.29, 0.717) is 31.1 Å². The van der Waals surface area contributed by atoms with Crippen molar-refractivity contribution in [1.29, 1.82) is 0 Å². The number of carbonyl (C=O) groups excluding carboxylic acids is 3. The van der Waals surface area contributed by atoms with E-state index in [4.69, 9.17) is 9.47 Å². The van der Waals surface area contributed by atoms with Gasteiger partial charge in [-0.25, -0.2) is 0 Å². The summed E-state index contributed by atoms with van der Waals surface area (Å²) < 4.78 is 15.1. The minimum absolute atomic E-state index is 0.0549. The zero-order valence-electron chi connectivity index (χ0n) is 15.8. The molecule has 2 amide bonds. The number of piperazine rings is 1. The van der Waals surface area contributed by atoms with Gasteiger partial charge in [-0.05, 0) is 17.7 Å². The van der Waals surface area contributed by atoms with Gasteiger partial charge >= 0.3 is 5.97 Å². The van der Waals surface area contributed by atoms with Gasteiger partial charge in [-0.1, -0.05) is 6.07 Å². The molecule has 9 heteroatoms. The van der Waals surface area contributed by atoms with E-state index in [1.807, 2.05) is 6.07 Å². The first-order chi connectivity index (χ1) is 13.0. The van der Waals surface area contributed by atoms with Crippen LogP contribution in [0.5, 0.6) is 11.5 Å². The molecule has 0 bridgehead atoms. The molecule has 0 spiro atoms. The fraction of sp³-hybridized carbons (Fsp3) is 0.500. The summed E-state index contributed by atoms with van der Waals surface area (Å²) in [6.45, 7) is 1.45. The number of methoxy groups -OCH3 is 3. The third kappa shape index (κ3) is 5.58. The molecule has 1 fully saturated rings. The van der Waals surface area contributed by atoms with Gasteiger partial charge < -0.3 is 29.7 Å². The number of amides is 2. The molecular weight excluding hydrogens is 354 g/mol. The van der Waals surface area contributed by atoms with Crippen LogP contribution in [-0.4, -0.2) is 64.8 Å². The first-order valence-corrected chi connectivity index (χ1v) is 8.65. The smallest absolute Gasteiger partial charge is 0.312 e. The first-order valence-electron chi connectivity index (χ1n) is 8.65. The number of hydrogen-bond acceptors (Lipinski definition) is 6. The third-order valence-electron chi connectivity index (χ3n) is 4.48. The minimum atomic E-state index is -0.627. The lowest BCUT2D eigenvalue weighted by Gasteiger charge is -2.30. The molecule has 1 aromatic carbocycles.